The number of amides is 1. The molecule has 1 fully saturated rings. The van der Waals surface area contributed by atoms with Crippen molar-refractivity contribution in [2.75, 3.05) is 25.5 Å². The summed E-state index contributed by atoms with van der Waals surface area (Å²) in [6, 6.07) is 10.1. The lowest BCUT2D eigenvalue weighted by Crippen LogP contribution is -2.35. The lowest BCUT2D eigenvalue weighted by molar-refractivity contribution is 0.0698. The predicted octanol–water partition coefficient (Wildman–Crippen LogP) is 2.82. The molecule has 0 atom stereocenters. The first-order chi connectivity index (χ1) is 13.8. The molecule has 1 amide bonds. The normalized spacial score (nSPS) is 14.9. The first kappa shape index (κ1) is 20.8. The molecule has 1 heterocycles. The van der Waals surface area contributed by atoms with Crippen molar-refractivity contribution in [3.63, 3.8) is 0 Å². The van der Waals surface area contributed by atoms with E-state index in [9.17, 15) is 23.1 Å². The Hall–Kier alpha value is -2.91. The van der Waals surface area contributed by atoms with E-state index in [1.54, 1.807) is 12.1 Å². The molecule has 0 radical (unpaired) electrons. The highest BCUT2D eigenvalue weighted by Crippen LogP contribution is 2.30. The molecule has 0 saturated carbocycles. The Bertz CT molecular complexity index is 1030. The smallest absolute Gasteiger partial charge is 0.337 e. The molecule has 3 rings (SSSR count). The van der Waals surface area contributed by atoms with Crippen molar-refractivity contribution >= 4 is 27.6 Å². The van der Waals surface area contributed by atoms with Crippen LogP contribution >= 0.6 is 0 Å². The van der Waals surface area contributed by atoms with Gasteiger partial charge in [-0.3, -0.25) is 4.79 Å². The highest BCUT2D eigenvalue weighted by molar-refractivity contribution is 7.89. The number of aromatic carboxylic acids is 1. The molecule has 0 aliphatic carbocycles. The number of nitrogens with zero attached hydrogens (tertiary/aromatic N) is 1. The lowest BCUT2D eigenvalue weighted by atomic mass is 10.1. The fourth-order valence-electron chi connectivity index (χ4n) is 3.24. The maximum atomic E-state index is 13.1. The molecule has 1 aliphatic rings. The molecule has 0 bridgehead atoms. The molecule has 1 saturated heterocycles. The molecule has 8 nitrogen and oxygen atoms in total. The van der Waals surface area contributed by atoms with Gasteiger partial charge in [-0.15, -0.1) is 0 Å². The van der Waals surface area contributed by atoms with Gasteiger partial charge >= 0.3 is 5.97 Å². The van der Waals surface area contributed by atoms with Crippen molar-refractivity contribution < 1.29 is 27.9 Å². The number of sulfonamides is 1. The van der Waals surface area contributed by atoms with Crippen LogP contribution in [0.2, 0.25) is 0 Å². The van der Waals surface area contributed by atoms with E-state index in [1.165, 1.54) is 41.7 Å². The standard InChI is InChI=1S/C20H22N2O6S/c1-28-17-10-9-14(13-18(17)29(26,27)22-11-5-2-6-12-22)19(23)21-16-8-4-3-7-15(16)20(24)25/h3-4,7-10,13H,2,5-6,11-12H2,1H3,(H,21,23)(H,24,25). The number of carboxylic acids is 1. The number of hydrogen-bond donors (Lipinski definition) is 2. The van der Waals surface area contributed by atoms with Crippen molar-refractivity contribution in [3.05, 3.63) is 53.6 Å². The van der Waals surface area contributed by atoms with E-state index in [0.29, 0.717) is 13.1 Å². The summed E-state index contributed by atoms with van der Waals surface area (Å²) in [5.41, 5.74) is 0.151. The largest absolute Gasteiger partial charge is 0.495 e. The Morgan fingerprint density at radius 1 is 1.07 bits per heavy atom. The molecule has 0 spiro atoms. The van der Waals surface area contributed by atoms with Gasteiger partial charge < -0.3 is 15.2 Å². The van der Waals surface area contributed by atoms with Crippen LogP contribution in [0.3, 0.4) is 0 Å². The molecule has 1 aliphatic heterocycles. The van der Waals surface area contributed by atoms with Crippen molar-refractivity contribution in [2.24, 2.45) is 0 Å². The summed E-state index contributed by atoms with van der Waals surface area (Å²) in [6.07, 6.45) is 2.55. The van der Waals surface area contributed by atoms with Gasteiger partial charge in [0.05, 0.1) is 18.4 Å². The lowest BCUT2D eigenvalue weighted by Gasteiger charge is -2.26. The van der Waals surface area contributed by atoms with Gasteiger partial charge in [0.15, 0.2) is 0 Å². The van der Waals surface area contributed by atoms with Crippen LogP contribution in [0.1, 0.15) is 40.0 Å². The quantitative estimate of drug-likeness (QED) is 0.746. The third-order valence-corrected chi connectivity index (χ3v) is 6.68. The second-order valence-corrected chi connectivity index (χ2v) is 8.54. The van der Waals surface area contributed by atoms with E-state index in [0.717, 1.165) is 19.3 Å². The zero-order valence-corrected chi connectivity index (χ0v) is 16.7. The Morgan fingerprint density at radius 2 is 1.76 bits per heavy atom. The van der Waals surface area contributed by atoms with Crippen LogP contribution in [-0.2, 0) is 10.0 Å². The zero-order valence-electron chi connectivity index (χ0n) is 15.9. The number of carboxylic acid groups (broad SMARTS) is 1. The summed E-state index contributed by atoms with van der Waals surface area (Å²) in [5.74, 6) is -1.64. The molecule has 154 valence electrons. The third kappa shape index (κ3) is 4.41. The molecule has 29 heavy (non-hydrogen) atoms. The summed E-state index contributed by atoms with van der Waals surface area (Å²) in [4.78, 5) is 23.9. The minimum absolute atomic E-state index is 0.0597. The summed E-state index contributed by atoms with van der Waals surface area (Å²) in [6.45, 7) is 0.849. The van der Waals surface area contributed by atoms with Gasteiger partial charge in [-0.2, -0.15) is 4.31 Å². The number of rotatable bonds is 6. The van der Waals surface area contributed by atoms with Crippen LogP contribution in [0.5, 0.6) is 5.75 Å². The van der Waals surface area contributed by atoms with Crippen LogP contribution in [-0.4, -0.2) is 49.9 Å². The summed E-state index contributed by atoms with van der Waals surface area (Å²) >= 11 is 0. The minimum atomic E-state index is -3.82. The van der Waals surface area contributed by atoms with E-state index in [4.69, 9.17) is 4.74 Å². The van der Waals surface area contributed by atoms with Crippen LogP contribution in [0, 0.1) is 0 Å². The number of ether oxygens (including phenoxy) is 1. The molecular formula is C20H22N2O6S. The van der Waals surface area contributed by atoms with Gasteiger partial charge in [-0.25, -0.2) is 13.2 Å². The van der Waals surface area contributed by atoms with Gasteiger partial charge in [0.25, 0.3) is 5.91 Å². The van der Waals surface area contributed by atoms with E-state index in [1.807, 2.05) is 0 Å². The number of carbonyl (C=O) groups excluding carboxylic acids is 1. The first-order valence-electron chi connectivity index (χ1n) is 9.16. The van der Waals surface area contributed by atoms with Gasteiger partial charge in [0.1, 0.15) is 10.6 Å². The monoisotopic (exact) mass is 418 g/mol. The Kier molecular flexibility index (Phi) is 6.19. The van der Waals surface area contributed by atoms with Crippen LogP contribution < -0.4 is 10.1 Å². The van der Waals surface area contributed by atoms with Crippen molar-refractivity contribution in [3.8, 4) is 5.75 Å². The topological polar surface area (TPSA) is 113 Å². The van der Waals surface area contributed by atoms with Crippen molar-refractivity contribution in [2.45, 2.75) is 24.2 Å². The van der Waals surface area contributed by atoms with Crippen molar-refractivity contribution in [1.82, 2.24) is 4.31 Å². The molecule has 0 unspecified atom stereocenters. The minimum Gasteiger partial charge on any atom is -0.495 e. The van der Waals surface area contributed by atoms with Gasteiger partial charge in [-0.05, 0) is 43.2 Å². The maximum absolute atomic E-state index is 13.1. The van der Waals surface area contributed by atoms with E-state index in [2.05, 4.69) is 5.32 Å². The Labute approximate surface area is 169 Å². The molecule has 2 aromatic rings. The van der Waals surface area contributed by atoms with Crippen LogP contribution in [0.15, 0.2) is 47.4 Å². The van der Waals surface area contributed by atoms with E-state index >= 15 is 0 Å². The second-order valence-electron chi connectivity index (χ2n) is 6.64. The molecule has 0 aromatic heterocycles. The number of carbonyl (C=O) groups is 2. The predicted molar refractivity (Wildman–Crippen MR) is 107 cm³/mol. The van der Waals surface area contributed by atoms with Crippen LogP contribution in [0.25, 0.3) is 0 Å². The summed E-state index contributed by atoms with van der Waals surface area (Å²) < 4.78 is 32.8. The average molecular weight is 418 g/mol. The van der Waals surface area contributed by atoms with Gasteiger partial charge in [0.2, 0.25) is 10.0 Å². The SMILES string of the molecule is COc1ccc(C(=O)Nc2ccccc2C(=O)O)cc1S(=O)(=O)N1CCCCC1. The molecule has 9 heteroatoms. The number of benzene rings is 2. The molecule has 2 N–H and O–H groups in total. The first-order valence-corrected chi connectivity index (χ1v) is 10.6. The molecular weight excluding hydrogens is 396 g/mol. The van der Waals surface area contributed by atoms with E-state index in [-0.39, 0.29) is 27.5 Å². The Balaban J connectivity index is 1.94. The fraction of sp³-hybridized carbons (Fsp3) is 0.300. The van der Waals surface area contributed by atoms with Gasteiger partial charge in [0, 0.05) is 18.7 Å². The van der Waals surface area contributed by atoms with E-state index < -0.39 is 21.9 Å². The number of methoxy groups -OCH3 is 1. The summed E-state index contributed by atoms with van der Waals surface area (Å²) in [7, 11) is -2.45. The highest BCUT2D eigenvalue weighted by Gasteiger charge is 2.29. The van der Waals surface area contributed by atoms with Gasteiger partial charge in [-0.1, -0.05) is 18.6 Å². The average Bonchev–Trinajstić information content (AvgIpc) is 2.74. The fourth-order valence-corrected chi connectivity index (χ4v) is 4.94. The number of para-hydroxylation sites is 1. The summed E-state index contributed by atoms with van der Waals surface area (Å²) in [5, 5.41) is 11.8. The number of nitrogens with one attached hydrogen (secondary N) is 1. The number of hydrogen-bond acceptors (Lipinski definition) is 5. The Morgan fingerprint density at radius 3 is 2.41 bits per heavy atom. The number of anilines is 1. The van der Waals surface area contributed by atoms with Crippen molar-refractivity contribution in [1.29, 1.82) is 0 Å². The second kappa shape index (κ2) is 8.62. The van der Waals surface area contributed by atoms with Crippen LogP contribution in [0.4, 0.5) is 5.69 Å². The highest BCUT2D eigenvalue weighted by atomic mass is 32.2. The maximum Gasteiger partial charge on any atom is 0.337 e. The third-order valence-electron chi connectivity index (χ3n) is 4.76. The molecule has 2 aromatic carbocycles. The number of piperidine rings is 1. The zero-order chi connectivity index (χ0) is 21.0.